The lowest BCUT2D eigenvalue weighted by atomic mass is 9.96. The van der Waals surface area contributed by atoms with Crippen molar-refractivity contribution in [2.24, 2.45) is 5.92 Å². The number of hydrogen-bond donors (Lipinski definition) is 1. The van der Waals surface area contributed by atoms with Crippen LogP contribution in [-0.2, 0) is 11.2 Å². The summed E-state index contributed by atoms with van der Waals surface area (Å²) in [5.74, 6) is -0.352. The van der Waals surface area contributed by atoms with Crippen molar-refractivity contribution in [3.8, 4) is 5.75 Å². The van der Waals surface area contributed by atoms with Crippen molar-refractivity contribution < 1.29 is 14.6 Å². The summed E-state index contributed by atoms with van der Waals surface area (Å²) in [4.78, 5) is 10.8. The summed E-state index contributed by atoms with van der Waals surface area (Å²) in [6, 6.07) is 5.87. The molecule has 0 unspecified atom stereocenters. The second-order valence-corrected chi connectivity index (χ2v) is 3.66. The molecule has 0 aromatic heterocycles. The third-order valence-corrected chi connectivity index (χ3v) is 2.47. The van der Waals surface area contributed by atoms with Gasteiger partial charge in [-0.2, -0.15) is 0 Å². The SMILES string of the molecule is Cc1ccc2c(c1)C[C@@H](C(=O)O)CO2. The van der Waals surface area contributed by atoms with E-state index in [1.807, 2.05) is 25.1 Å². The Kier molecular flexibility index (Phi) is 2.15. The van der Waals surface area contributed by atoms with Crippen molar-refractivity contribution >= 4 is 5.97 Å². The molecule has 1 N–H and O–H groups in total. The van der Waals surface area contributed by atoms with Gasteiger partial charge in [-0.3, -0.25) is 4.79 Å². The van der Waals surface area contributed by atoms with Gasteiger partial charge in [0.25, 0.3) is 0 Å². The highest BCUT2D eigenvalue weighted by molar-refractivity contribution is 5.71. The summed E-state index contributed by atoms with van der Waals surface area (Å²) < 4.78 is 5.37. The zero-order chi connectivity index (χ0) is 10.1. The van der Waals surface area contributed by atoms with Crippen molar-refractivity contribution in [3.05, 3.63) is 29.3 Å². The van der Waals surface area contributed by atoms with Crippen LogP contribution >= 0.6 is 0 Å². The van der Waals surface area contributed by atoms with E-state index >= 15 is 0 Å². The first-order valence-corrected chi connectivity index (χ1v) is 4.62. The molecular weight excluding hydrogens is 180 g/mol. The zero-order valence-electron chi connectivity index (χ0n) is 7.99. The van der Waals surface area contributed by atoms with Gasteiger partial charge < -0.3 is 9.84 Å². The van der Waals surface area contributed by atoms with Crippen molar-refractivity contribution in [2.45, 2.75) is 13.3 Å². The van der Waals surface area contributed by atoms with Gasteiger partial charge in [0.2, 0.25) is 0 Å². The number of hydrogen-bond acceptors (Lipinski definition) is 2. The Hall–Kier alpha value is -1.51. The molecule has 3 heteroatoms. The third kappa shape index (κ3) is 1.58. The van der Waals surface area contributed by atoms with Gasteiger partial charge in [0.15, 0.2) is 0 Å². The zero-order valence-corrected chi connectivity index (χ0v) is 7.99. The van der Waals surface area contributed by atoms with Crippen LogP contribution in [0.25, 0.3) is 0 Å². The number of aryl methyl sites for hydroxylation is 1. The summed E-state index contributed by atoms with van der Waals surface area (Å²) in [7, 11) is 0. The molecular formula is C11H12O3. The Labute approximate surface area is 82.3 Å². The molecule has 0 saturated carbocycles. The van der Waals surface area contributed by atoms with E-state index in [1.165, 1.54) is 0 Å². The van der Waals surface area contributed by atoms with Gasteiger partial charge in [-0.15, -0.1) is 0 Å². The van der Waals surface area contributed by atoms with Crippen molar-refractivity contribution in [2.75, 3.05) is 6.61 Å². The maximum atomic E-state index is 10.8. The fourth-order valence-electron chi connectivity index (χ4n) is 1.68. The van der Waals surface area contributed by atoms with Crippen LogP contribution < -0.4 is 4.74 Å². The first-order chi connectivity index (χ1) is 6.66. The van der Waals surface area contributed by atoms with E-state index in [1.54, 1.807) is 0 Å². The molecule has 0 saturated heterocycles. The monoisotopic (exact) mass is 192 g/mol. The maximum absolute atomic E-state index is 10.8. The number of aliphatic carboxylic acids is 1. The minimum Gasteiger partial charge on any atom is -0.492 e. The van der Waals surface area contributed by atoms with E-state index in [-0.39, 0.29) is 6.61 Å². The largest absolute Gasteiger partial charge is 0.492 e. The summed E-state index contributed by atoms with van der Waals surface area (Å²) in [6.07, 6.45) is 0.576. The average molecular weight is 192 g/mol. The van der Waals surface area contributed by atoms with Gasteiger partial charge in [0, 0.05) is 0 Å². The van der Waals surface area contributed by atoms with Crippen molar-refractivity contribution in [1.29, 1.82) is 0 Å². The number of fused-ring (bicyclic) bond motifs is 1. The molecule has 1 aliphatic rings. The Morgan fingerprint density at radius 1 is 1.57 bits per heavy atom. The Bertz CT molecular complexity index is 371. The number of ether oxygens (including phenoxy) is 1. The average Bonchev–Trinajstić information content (AvgIpc) is 2.16. The van der Waals surface area contributed by atoms with Gasteiger partial charge in [-0.25, -0.2) is 0 Å². The van der Waals surface area contributed by atoms with Gasteiger partial charge in [-0.1, -0.05) is 17.7 Å². The van der Waals surface area contributed by atoms with Crippen LogP contribution in [0.15, 0.2) is 18.2 Å². The van der Waals surface area contributed by atoms with Crippen molar-refractivity contribution in [1.82, 2.24) is 0 Å². The second kappa shape index (κ2) is 3.33. The lowest BCUT2D eigenvalue weighted by Gasteiger charge is -2.22. The van der Waals surface area contributed by atoms with E-state index < -0.39 is 11.9 Å². The number of benzene rings is 1. The molecule has 0 bridgehead atoms. The van der Waals surface area contributed by atoms with Crippen LogP contribution in [0.1, 0.15) is 11.1 Å². The fraction of sp³-hybridized carbons (Fsp3) is 0.364. The molecule has 0 fully saturated rings. The maximum Gasteiger partial charge on any atom is 0.310 e. The van der Waals surface area contributed by atoms with Gasteiger partial charge in [0.1, 0.15) is 12.4 Å². The minimum atomic E-state index is -0.780. The number of carboxylic acid groups (broad SMARTS) is 1. The quantitative estimate of drug-likeness (QED) is 0.735. The number of carbonyl (C=O) groups is 1. The molecule has 0 radical (unpaired) electrons. The molecule has 14 heavy (non-hydrogen) atoms. The normalized spacial score (nSPS) is 19.6. The van der Waals surface area contributed by atoms with Crippen molar-refractivity contribution in [3.63, 3.8) is 0 Å². The Balaban J connectivity index is 2.29. The molecule has 1 aromatic rings. The molecule has 1 atom stereocenters. The predicted molar refractivity (Wildman–Crippen MR) is 51.5 cm³/mol. The van der Waals surface area contributed by atoms with Crippen LogP contribution in [0.3, 0.4) is 0 Å². The van der Waals surface area contributed by atoms with E-state index in [4.69, 9.17) is 9.84 Å². The first-order valence-electron chi connectivity index (χ1n) is 4.62. The lowest BCUT2D eigenvalue weighted by Crippen LogP contribution is -2.27. The molecule has 1 aromatic carbocycles. The summed E-state index contributed by atoms with van der Waals surface area (Å²) in [6.45, 7) is 2.27. The van der Waals surface area contributed by atoms with E-state index in [2.05, 4.69) is 0 Å². The molecule has 2 rings (SSSR count). The van der Waals surface area contributed by atoms with Crippen LogP contribution in [0.2, 0.25) is 0 Å². The van der Waals surface area contributed by atoms with E-state index in [9.17, 15) is 4.79 Å². The standard InChI is InChI=1S/C11H12O3/c1-7-2-3-10-8(4-7)5-9(6-14-10)11(12)13/h2-4,9H,5-6H2,1H3,(H,12,13)/t9-/m1/s1. The summed E-state index contributed by atoms with van der Waals surface area (Å²) >= 11 is 0. The molecule has 3 nitrogen and oxygen atoms in total. The molecule has 0 amide bonds. The fourth-order valence-corrected chi connectivity index (χ4v) is 1.68. The van der Waals surface area contributed by atoms with E-state index in [0.29, 0.717) is 6.42 Å². The molecule has 0 spiro atoms. The highest BCUT2D eigenvalue weighted by Crippen LogP contribution is 2.27. The molecule has 74 valence electrons. The smallest absolute Gasteiger partial charge is 0.310 e. The molecule has 0 aliphatic carbocycles. The highest BCUT2D eigenvalue weighted by atomic mass is 16.5. The van der Waals surface area contributed by atoms with Crippen LogP contribution in [-0.4, -0.2) is 17.7 Å². The molecule has 1 heterocycles. The third-order valence-electron chi connectivity index (χ3n) is 2.47. The minimum absolute atomic E-state index is 0.283. The molecule has 1 aliphatic heterocycles. The summed E-state index contributed by atoms with van der Waals surface area (Å²) in [5.41, 5.74) is 2.14. The van der Waals surface area contributed by atoms with Gasteiger partial charge >= 0.3 is 5.97 Å². The summed E-state index contributed by atoms with van der Waals surface area (Å²) in [5, 5.41) is 8.85. The predicted octanol–water partition coefficient (Wildman–Crippen LogP) is 1.63. The van der Waals surface area contributed by atoms with Crippen LogP contribution in [0.4, 0.5) is 0 Å². The Morgan fingerprint density at radius 3 is 3.07 bits per heavy atom. The number of rotatable bonds is 1. The Morgan fingerprint density at radius 2 is 2.36 bits per heavy atom. The van der Waals surface area contributed by atoms with Gasteiger partial charge in [-0.05, 0) is 25.0 Å². The van der Waals surface area contributed by atoms with Gasteiger partial charge in [0.05, 0.1) is 5.92 Å². The lowest BCUT2D eigenvalue weighted by molar-refractivity contribution is -0.143. The number of carboxylic acids is 1. The first kappa shape index (κ1) is 9.06. The van der Waals surface area contributed by atoms with Crippen LogP contribution in [0, 0.1) is 12.8 Å². The topological polar surface area (TPSA) is 46.5 Å². The van der Waals surface area contributed by atoms with Crippen LogP contribution in [0.5, 0.6) is 5.75 Å². The second-order valence-electron chi connectivity index (χ2n) is 3.66. The van der Waals surface area contributed by atoms with E-state index in [0.717, 1.165) is 16.9 Å². The highest BCUT2D eigenvalue weighted by Gasteiger charge is 2.25.